The number of hydrogen-bond donors (Lipinski definition) is 8. The molecule has 19 heteroatoms. The van der Waals surface area contributed by atoms with Gasteiger partial charge in [0.2, 0.25) is 35.4 Å². The summed E-state index contributed by atoms with van der Waals surface area (Å²) in [6.07, 6.45) is 7.37. The highest BCUT2D eigenvalue weighted by Gasteiger charge is 2.47. The van der Waals surface area contributed by atoms with E-state index in [0.29, 0.717) is 5.69 Å². The fourth-order valence-corrected chi connectivity index (χ4v) is 12.0. The van der Waals surface area contributed by atoms with Crippen molar-refractivity contribution in [1.82, 2.24) is 47.0 Å². The van der Waals surface area contributed by atoms with Gasteiger partial charge in [-0.25, -0.2) is 0 Å². The summed E-state index contributed by atoms with van der Waals surface area (Å²) in [5, 5.41) is 24.3. The minimum Gasteiger partial charge on any atom is -0.347 e. The Bertz CT molecular complexity index is 3050. The largest absolute Gasteiger partial charge is 0.347 e. The molecule has 0 aromatic heterocycles. The molecule has 0 radical (unpaired) electrons. The molecular formula is C63H82N10O8S. The van der Waals surface area contributed by atoms with Crippen LogP contribution in [0.2, 0.25) is 0 Å². The first-order valence-electron chi connectivity index (χ1n) is 28.7. The molecule has 0 saturated carbocycles. The van der Waals surface area contributed by atoms with Crippen molar-refractivity contribution < 1.29 is 38.4 Å². The highest BCUT2D eigenvalue weighted by atomic mass is 32.2. The molecule has 8 N–H and O–H groups in total. The lowest BCUT2D eigenvalue weighted by Crippen LogP contribution is -2.63. The van der Waals surface area contributed by atoms with Gasteiger partial charge in [0, 0.05) is 47.1 Å². The SMILES string of the molecule is CNC(C)C(=O)NC(C(=O)N1CC(NC(=O)c2ccc(C(=O)Nc3ccc4c(c3)CN(C(=O)C(NC(=O)C(C)NC)C(C)(C)SC)C(C(=O)NC3CCCc5ccccc53)C4)cc2)CC1C(=O)NC1CCCc2ccccc21)C(C)(C)C. The van der Waals surface area contributed by atoms with Gasteiger partial charge < -0.3 is 52.3 Å². The number of amides is 8. The number of anilines is 1. The Morgan fingerprint density at radius 1 is 0.585 bits per heavy atom. The molecular weight excluding hydrogens is 1060 g/mol. The van der Waals surface area contributed by atoms with E-state index in [1.54, 1.807) is 57.1 Å². The molecule has 4 aromatic carbocycles. The van der Waals surface area contributed by atoms with Crippen LogP contribution in [0.15, 0.2) is 91.0 Å². The first-order valence-corrected chi connectivity index (χ1v) is 30.0. The zero-order valence-corrected chi connectivity index (χ0v) is 49.8. The molecule has 1 saturated heterocycles. The number of carbonyl (C=O) groups is 8. The van der Waals surface area contributed by atoms with Gasteiger partial charge in [0.05, 0.1) is 24.2 Å². The molecule has 0 spiro atoms. The zero-order chi connectivity index (χ0) is 59.2. The monoisotopic (exact) mass is 1140 g/mol. The molecule has 2 heterocycles. The normalized spacial score (nSPS) is 21.0. The third-order valence-electron chi connectivity index (χ3n) is 17.0. The molecule has 2 aliphatic carbocycles. The van der Waals surface area contributed by atoms with Crippen LogP contribution in [0.5, 0.6) is 0 Å². The van der Waals surface area contributed by atoms with E-state index >= 15 is 4.79 Å². The van der Waals surface area contributed by atoms with Gasteiger partial charge in [-0.05, 0) is 168 Å². The summed E-state index contributed by atoms with van der Waals surface area (Å²) in [6, 6.07) is 21.7. The number of hydrogen-bond acceptors (Lipinski definition) is 11. The predicted octanol–water partition coefficient (Wildman–Crippen LogP) is 5.65. The number of likely N-dealkylation sites (N-methyl/N-ethyl adjacent to an activating group) is 2. The van der Waals surface area contributed by atoms with Crippen molar-refractivity contribution in [1.29, 1.82) is 0 Å². The van der Waals surface area contributed by atoms with E-state index < -0.39 is 76.1 Å². The van der Waals surface area contributed by atoms with Crippen LogP contribution in [0.1, 0.15) is 147 Å². The van der Waals surface area contributed by atoms with E-state index in [-0.39, 0.29) is 72.8 Å². The quantitative estimate of drug-likeness (QED) is 0.0606. The maximum absolute atomic E-state index is 15.0. The van der Waals surface area contributed by atoms with Gasteiger partial charge in [-0.1, -0.05) is 75.4 Å². The standard InChI is InChI=1S/C63H82N10O8S/c1-36(64-8)54(74)70-52(62(3,4)5)60(80)73-35-45(33-51(73)59(79)69-49-24-16-20-39-18-12-14-22-47(39)49)67-57(77)41-27-25-40(26-28-41)56(76)66-44-30-29-42-32-50(58(78)68-48-23-15-19-38-17-11-13-21-46(38)48)72(34-43(42)31-44)61(81)53(63(6,7)82-10)71-55(75)37(2)65-9/h11-14,17-18,21-22,25-31,36-37,45,48-53,64-65H,15-16,19-20,23-24,32-35H2,1-10H3,(H,66,76)(H,67,77)(H,68,78)(H,69,79)(H,70,74)(H,71,75). The highest BCUT2D eigenvalue weighted by molar-refractivity contribution is 8.00. The van der Waals surface area contributed by atoms with Crippen LogP contribution in [0, 0.1) is 5.41 Å². The van der Waals surface area contributed by atoms with Gasteiger partial charge in [-0.2, -0.15) is 11.8 Å². The van der Waals surface area contributed by atoms with E-state index in [2.05, 4.69) is 54.7 Å². The first kappa shape index (κ1) is 61.0. The predicted molar refractivity (Wildman–Crippen MR) is 319 cm³/mol. The second kappa shape index (κ2) is 26.0. The van der Waals surface area contributed by atoms with Crippen molar-refractivity contribution in [3.05, 3.63) is 136 Å². The fourth-order valence-electron chi connectivity index (χ4n) is 11.6. The van der Waals surface area contributed by atoms with Crippen LogP contribution in [-0.2, 0) is 54.6 Å². The van der Waals surface area contributed by atoms with Gasteiger partial charge in [0.15, 0.2) is 0 Å². The van der Waals surface area contributed by atoms with E-state index in [1.165, 1.54) is 39.9 Å². The molecule has 82 heavy (non-hydrogen) atoms. The molecule has 438 valence electrons. The zero-order valence-electron chi connectivity index (χ0n) is 49.0. The second-order valence-electron chi connectivity index (χ2n) is 24.0. The molecule has 18 nitrogen and oxygen atoms in total. The maximum Gasteiger partial charge on any atom is 0.255 e. The third-order valence-corrected chi connectivity index (χ3v) is 18.3. The Balaban J connectivity index is 0.978. The third kappa shape index (κ3) is 13.9. The minimum atomic E-state index is -0.990. The number of likely N-dealkylation sites (tertiary alicyclic amines) is 1. The van der Waals surface area contributed by atoms with Crippen molar-refractivity contribution in [2.24, 2.45) is 5.41 Å². The molecule has 2 aliphatic heterocycles. The second-order valence-corrected chi connectivity index (χ2v) is 25.5. The number of fused-ring (bicyclic) bond motifs is 3. The van der Waals surface area contributed by atoms with Gasteiger partial charge in [0.25, 0.3) is 11.8 Å². The van der Waals surface area contributed by atoms with E-state index in [0.717, 1.165) is 60.8 Å². The first-order chi connectivity index (χ1) is 39.0. The lowest BCUT2D eigenvalue weighted by molar-refractivity contribution is -0.145. The highest BCUT2D eigenvalue weighted by Crippen LogP contribution is 2.36. The Morgan fingerprint density at radius 3 is 1.63 bits per heavy atom. The summed E-state index contributed by atoms with van der Waals surface area (Å²) in [4.78, 5) is 116. The van der Waals surface area contributed by atoms with Crippen LogP contribution in [0.3, 0.4) is 0 Å². The molecule has 8 amide bonds. The number of nitrogens with one attached hydrogen (secondary N) is 8. The Kier molecular flexibility index (Phi) is 19.3. The minimum absolute atomic E-state index is 0.0212. The van der Waals surface area contributed by atoms with Crippen LogP contribution < -0.4 is 42.5 Å². The molecule has 8 rings (SSSR count). The average Bonchev–Trinajstić information content (AvgIpc) is 3.92. The van der Waals surface area contributed by atoms with Crippen molar-refractivity contribution in [3.63, 3.8) is 0 Å². The molecule has 4 aliphatic rings. The topological polar surface area (TPSA) is 239 Å². The average molecular weight is 1140 g/mol. The molecule has 9 atom stereocenters. The molecule has 1 fully saturated rings. The summed E-state index contributed by atoms with van der Waals surface area (Å²) < 4.78 is -0.764. The van der Waals surface area contributed by atoms with E-state index in [9.17, 15) is 33.6 Å². The van der Waals surface area contributed by atoms with E-state index in [1.807, 2.05) is 83.3 Å². The number of rotatable bonds is 18. The maximum atomic E-state index is 15.0. The Hall–Kier alpha value is -7.09. The molecule has 4 aromatic rings. The van der Waals surface area contributed by atoms with Crippen LogP contribution in [0.4, 0.5) is 5.69 Å². The summed E-state index contributed by atoms with van der Waals surface area (Å²) >= 11 is 1.44. The van der Waals surface area contributed by atoms with Crippen molar-refractivity contribution in [2.45, 2.75) is 166 Å². The van der Waals surface area contributed by atoms with Crippen molar-refractivity contribution >= 4 is 64.7 Å². The molecule has 9 unspecified atom stereocenters. The van der Waals surface area contributed by atoms with Gasteiger partial charge in [0.1, 0.15) is 24.2 Å². The summed E-state index contributed by atoms with van der Waals surface area (Å²) in [6.45, 7) is 12.8. The van der Waals surface area contributed by atoms with Crippen LogP contribution >= 0.6 is 11.8 Å². The van der Waals surface area contributed by atoms with Gasteiger partial charge in [-0.15, -0.1) is 0 Å². The summed E-state index contributed by atoms with van der Waals surface area (Å²) in [7, 11) is 3.33. The Labute approximate surface area is 486 Å². The number of thioether (sulfide) groups is 1. The molecule has 0 bridgehead atoms. The number of carbonyl (C=O) groups excluding carboxylic acids is 8. The van der Waals surface area contributed by atoms with Gasteiger partial charge >= 0.3 is 0 Å². The lowest BCUT2D eigenvalue weighted by atomic mass is 9.85. The van der Waals surface area contributed by atoms with Crippen molar-refractivity contribution in [2.75, 3.05) is 32.2 Å². The number of nitrogens with zero attached hydrogens (tertiary/aromatic N) is 2. The van der Waals surface area contributed by atoms with E-state index in [4.69, 9.17) is 0 Å². The number of benzene rings is 4. The van der Waals surface area contributed by atoms with Crippen LogP contribution in [0.25, 0.3) is 0 Å². The summed E-state index contributed by atoms with van der Waals surface area (Å²) in [5.41, 5.74) is 6.29. The smallest absolute Gasteiger partial charge is 0.255 e. The van der Waals surface area contributed by atoms with Gasteiger partial charge in [-0.3, -0.25) is 38.4 Å². The number of aryl methyl sites for hydroxylation is 2. The lowest BCUT2D eigenvalue weighted by Gasteiger charge is -2.42. The van der Waals surface area contributed by atoms with Crippen LogP contribution in [-0.4, -0.2) is 131 Å². The fraction of sp³-hybridized carbons (Fsp3) is 0.492. The summed E-state index contributed by atoms with van der Waals surface area (Å²) in [5.74, 6) is -3.07. The van der Waals surface area contributed by atoms with Crippen molar-refractivity contribution in [3.8, 4) is 0 Å². The Morgan fingerprint density at radius 2 is 1.10 bits per heavy atom.